The van der Waals surface area contributed by atoms with Gasteiger partial charge in [0.15, 0.2) is 0 Å². The molecule has 2 amide bonds. The van der Waals surface area contributed by atoms with Crippen LogP contribution in [0.3, 0.4) is 0 Å². The van der Waals surface area contributed by atoms with E-state index in [4.69, 9.17) is 16.3 Å². The number of amides is 2. The van der Waals surface area contributed by atoms with Gasteiger partial charge in [0, 0.05) is 31.6 Å². The molecule has 1 fully saturated rings. The molecule has 0 spiro atoms. The van der Waals surface area contributed by atoms with Crippen molar-refractivity contribution >= 4 is 23.4 Å². The van der Waals surface area contributed by atoms with Gasteiger partial charge in [0.05, 0.1) is 18.9 Å². The summed E-state index contributed by atoms with van der Waals surface area (Å²) in [5.74, 6) is -0.615. The average molecular weight is 408 g/mol. The molecule has 10 heteroatoms. The van der Waals surface area contributed by atoms with Gasteiger partial charge in [-0.2, -0.15) is 0 Å². The Morgan fingerprint density at radius 3 is 2.82 bits per heavy atom. The molecule has 28 heavy (non-hydrogen) atoms. The van der Waals surface area contributed by atoms with Crippen molar-refractivity contribution in [3.05, 3.63) is 46.7 Å². The molecule has 1 aliphatic heterocycles. The number of ether oxygens (including phenoxy) is 1. The number of rotatable bonds is 7. The van der Waals surface area contributed by atoms with Crippen molar-refractivity contribution in [1.82, 2.24) is 25.2 Å². The minimum Gasteiger partial charge on any atom is -0.391 e. The van der Waals surface area contributed by atoms with Gasteiger partial charge in [-0.1, -0.05) is 28.9 Å². The lowest BCUT2D eigenvalue weighted by molar-refractivity contribution is -0.139. The standard InChI is InChI=1S/C18H22ClN5O4/c1-28-11-14-8-23(22-21-14)10-17(26)24-9-15(25)6-16(24)18(27)20-7-12-2-4-13(19)5-3-12/h2-5,8,15-16,25H,6-7,9-11H2,1H3,(H,20,27). The molecule has 9 nitrogen and oxygen atoms in total. The molecule has 1 aromatic heterocycles. The van der Waals surface area contributed by atoms with Crippen LogP contribution in [0.4, 0.5) is 0 Å². The number of aliphatic hydroxyl groups excluding tert-OH is 1. The zero-order valence-corrected chi connectivity index (χ0v) is 16.2. The fraction of sp³-hybridized carbons (Fsp3) is 0.444. The summed E-state index contributed by atoms with van der Waals surface area (Å²) in [5.41, 5.74) is 1.50. The Kier molecular flexibility index (Phi) is 6.61. The van der Waals surface area contributed by atoms with Crippen LogP contribution in [0.25, 0.3) is 0 Å². The van der Waals surface area contributed by atoms with Gasteiger partial charge in [0.25, 0.3) is 0 Å². The molecule has 0 aliphatic carbocycles. The number of benzene rings is 1. The third-order valence-electron chi connectivity index (χ3n) is 4.46. The van der Waals surface area contributed by atoms with E-state index in [1.807, 2.05) is 12.1 Å². The van der Waals surface area contributed by atoms with Crippen LogP contribution in [0.2, 0.25) is 5.02 Å². The topological polar surface area (TPSA) is 110 Å². The van der Waals surface area contributed by atoms with Gasteiger partial charge >= 0.3 is 0 Å². The molecular formula is C18H22ClN5O4. The third kappa shape index (κ3) is 5.06. The van der Waals surface area contributed by atoms with Crippen molar-refractivity contribution in [1.29, 1.82) is 0 Å². The minimum absolute atomic E-state index is 0.0651. The van der Waals surface area contributed by atoms with Crippen LogP contribution in [0, 0.1) is 0 Å². The highest BCUT2D eigenvalue weighted by Gasteiger charge is 2.38. The third-order valence-corrected chi connectivity index (χ3v) is 4.71. The number of likely N-dealkylation sites (tertiary alicyclic amines) is 1. The molecule has 2 heterocycles. The van der Waals surface area contributed by atoms with E-state index < -0.39 is 12.1 Å². The van der Waals surface area contributed by atoms with Crippen LogP contribution in [-0.2, 0) is 34.0 Å². The second-order valence-corrected chi connectivity index (χ2v) is 7.07. The van der Waals surface area contributed by atoms with Crippen molar-refractivity contribution in [2.75, 3.05) is 13.7 Å². The number of halogens is 1. The van der Waals surface area contributed by atoms with E-state index in [0.717, 1.165) is 5.56 Å². The second-order valence-electron chi connectivity index (χ2n) is 6.64. The highest BCUT2D eigenvalue weighted by molar-refractivity contribution is 6.30. The van der Waals surface area contributed by atoms with Gasteiger partial charge < -0.3 is 20.1 Å². The number of carbonyl (C=O) groups is 2. The molecule has 2 N–H and O–H groups in total. The van der Waals surface area contributed by atoms with E-state index in [2.05, 4.69) is 15.6 Å². The van der Waals surface area contributed by atoms with Crippen molar-refractivity contribution in [2.45, 2.75) is 38.3 Å². The first-order chi connectivity index (χ1) is 13.5. The minimum atomic E-state index is -0.741. The molecule has 150 valence electrons. The first-order valence-corrected chi connectivity index (χ1v) is 9.21. The molecular weight excluding hydrogens is 386 g/mol. The van der Waals surface area contributed by atoms with Crippen LogP contribution in [0.1, 0.15) is 17.7 Å². The number of carbonyl (C=O) groups excluding carboxylic acids is 2. The molecule has 1 saturated heterocycles. The monoisotopic (exact) mass is 407 g/mol. The fourth-order valence-corrected chi connectivity index (χ4v) is 3.23. The molecule has 2 atom stereocenters. The Bertz CT molecular complexity index is 826. The van der Waals surface area contributed by atoms with Crippen molar-refractivity contribution in [3.63, 3.8) is 0 Å². The van der Waals surface area contributed by atoms with E-state index in [1.165, 1.54) is 9.58 Å². The summed E-state index contributed by atoms with van der Waals surface area (Å²) in [5, 5.41) is 21.2. The first kappa shape index (κ1) is 20.2. The van der Waals surface area contributed by atoms with E-state index >= 15 is 0 Å². The number of hydrogen-bond donors (Lipinski definition) is 2. The highest BCUT2D eigenvalue weighted by Crippen LogP contribution is 2.19. The zero-order chi connectivity index (χ0) is 20.1. The number of aromatic nitrogens is 3. The van der Waals surface area contributed by atoms with Crippen LogP contribution < -0.4 is 5.32 Å². The maximum atomic E-state index is 12.7. The number of nitrogens with zero attached hydrogens (tertiary/aromatic N) is 4. The Morgan fingerprint density at radius 2 is 2.11 bits per heavy atom. The summed E-state index contributed by atoms with van der Waals surface area (Å²) in [6.45, 7) is 0.655. The largest absolute Gasteiger partial charge is 0.391 e. The van der Waals surface area contributed by atoms with Gasteiger partial charge in [-0.25, -0.2) is 4.68 Å². The summed E-state index contributed by atoms with van der Waals surface area (Å²) in [7, 11) is 1.54. The Balaban J connectivity index is 1.59. The lowest BCUT2D eigenvalue weighted by Crippen LogP contribution is -2.46. The predicted octanol–water partition coefficient (Wildman–Crippen LogP) is 0.356. The maximum Gasteiger partial charge on any atom is 0.245 e. The van der Waals surface area contributed by atoms with Crippen LogP contribution in [0.15, 0.2) is 30.5 Å². The summed E-state index contributed by atoms with van der Waals surface area (Å²) in [6, 6.07) is 6.40. The fourth-order valence-electron chi connectivity index (χ4n) is 3.11. The highest BCUT2D eigenvalue weighted by atomic mass is 35.5. The quantitative estimate of drug-likeness (QED) is 0.685. The second kappa shape index (κ2) is 9.13. The van der Waals surface area contributed by atoms with Gasteiger partial charge in [-0.3, -0.25) is 9.59 Å². The van der Waals surface area contributed by atoms with E-state index in [-0.39, 0.29) is 31.3 Å². The maximum absolute atomic E-state index is 12.7. The molecule has 0 saturated carbocycles. The lowest BCUT2D eigenvalue weighted by atomic mass is 10.1. The van der Waals surface area contributed by atoms with Crippen molar-refractivity contribution in [2.24, 2.45) is 0 Å². The molecule has 3 rings (SSSR count). The van der Waals surface area contributed by atoms with Gasteiger partial charge in [0.2, 0.25) is 11.8 Å². The van der Waals surface area contributed by atoms with E-state index in [9.17, 15) is 14.7 Å². The number of aliphatic hydroxyl groups is 1. The summed E-state index contributed by atoms with van der Waals surface area (Å²) in [6.07, 6.45) is 1.07. The lowest BCUT2D eigenvalue weighted by Gasteiger charge is -2.23. The molecule has 0 radical (unpaired) electrons. The SMILES string of the molecule is COCc1cn(CC(=O)N2CC(O)CC2C(=O)NCc2ccc(Cl)cc2)nn1. The molecule has 2 unspecified atom stereocenters. The smallest absolute Gasteiger partial charge is 0.245 e. The van der Waals surface area contributed by atoms with Gasteiger partial charge in [-0.15, -0.1) is 5.10 Å². The number of methoxy groups -OCH3 is 1. The number of β-amino-alcohol motifs (C(OH)–C–C–N with tert-alkyl or cyclic N) is 1. The average Bonchev–Trinajstić information content (AvgIpc) is 3.27. The number of hydrogen-bond acceptors (Lipinski definition) is 6. The summed E-state index contributed by atoms with van der Waals surface area (Å²) in [4.78, 5) is 26.6. The van der Waals surface area contributed by atoms with Gasteiger partial charge in [-0.05, 0) is 17.7 Å². The Labute approximate surface area is 167 Å². The molecule has 2 aromatic rings. The van der Waals surface area contributed by atoms with E-state index in [0.29, 0.717) is 23.9 Å². The first-order valence-electron chi connectivity index (χ1n) is 8.84. The predicted molar refractivity (Wildman–Crippen MR) is 100 cm³/mol. The van der Waals surface area contributed by atoms with Crippen molar-refractivity contribution < 1.29 is 19.4 Å². The summed E-state index contributed by atoms with van der Waals surface area (Å²) >= 11 is 5.86. The Morgan fingerprint density at radius 1 is 1.36 bits per heavy atom. The number of nitrogens with one attached hydrogen (secondary N) is 1. The van der Waals surface area contributed by atoms with Crippen LogP contribution >= 0.6 is 11.6 Å². The normalized spacial score (nSPS) is 19.0. The molecule has 1 aromatic carbocycles. The molecule has 0 bridgehead atoms. The van der Waals surface area contributed by atoms with Crippen LogP contribution in [-0.4, -0.2) is 62.6 Å². The van der Waals surface area contributed by atoms with Crippen molar-refractivity contribution in [3.8, 4) is 0 Å². The van der Waals surface area contributed by atoms with E-state index in [1.54, 1.807) is 25.4 Å². The summed E-state index contributed by atoms with van der Waals surface area (Å²) < 4.78 is 6.37. The van der Waals surface area contributed by atoms with Gasteiger partial charge in [0.1, 0.15) is 18.3 Å². The van der Waals surface area contributed by atoms with Crippen LogP contribution in [0.5, 0.6) is 0 Å². The zero-order valence-electron chi connectivity index (χ0n) is 15.4. The Hall–Kier alpha value is -2.49. The molecule has 1 aliphatic rings.